The molecule has 2 aromatic carbocycles. The van der Waals surface area contributed by atoms with Gasteiger partial charge in [0, 0.05) is 24.3 Å². The number of aromatic amines is 1. The van der Waals surface area contributed by atoms with Gasteiger partial charge in [0.1, 0.15) is 0 Å². The van der Waals surface area contributed by atoms with Crippen molar-refractivity contribution in [2.24, 2.45) is 0 Å². The van der Waals surface area contributed by atoms with E-state index in [-0.39, 0.29) is 11.2 Å². The summed E-state index contributed by atoms with van der Waals surface area (Å²) in [5, 5.41) is 0.623. The molecule has 1 amide bonds. The van der Waals surface area contributed by atoms with Gasteiger partial charge >= 0.3 is 0 Å². The fraction of sp³-hybridized carbons (Fsp3) is 0.273. The zero-order chi connectivity index (χ0) is 18.8. The standard InChI is InChI=1S/C22H23N3OS/c1-15-19(14-17-8-4-3-5-9-17)24-22(23-15)27-16(2)21(26)25-13-12-18-10-6-7-11-20(18)25/h3-11,16H,12-14H2,1-2H3,(H,23,24)/t16-/m0/s1. The van der Waals surface area contributed by atoms with Gasteiger partial charge in [0.15, 0.2) is 5.16 Å². The molecule has 4 nitrogen and oxygen atoms in total. The van der Waals surface area contributed by atoms with Gasteiger partial charge in [-0.3, -0.25) is 4.79 Å². The Kier molecular flexibility index (Phi) is 5.03. The zero-order valence-electron chi connectivity index (χ0n) is 15.6. The van der Waals surface area contributed by atoms with Gasteiger partial charge in [-0.05, 0) is 37.5 Å². The average Bonchev–Trinajstić information content (AvgIpc) is 3.25. The number of aryl methyl sites for hydroxylation is 1. The lowest BCUT2D eigenvalue weighted by Crippen LogP contribution is -2.35. The van der Waals surface area contributed by atoms with E-state index < -0.39 is 0 Å². The molecular formula is C22H23N3OS. The fourth-order valence-electron chi connectivity index (χ4n) is 3.49. The van der Waals surface area contributed by atoms with Crippen LogP contribution >= 0.6 is 11.8 Å². The van der Waals surface area contributed by atoms with Gasteiger partial charge in [-0.15, -0.1) is 0 Å². The van der Waals surface area contributed by atoms with E-state index in [0.29, 0.717) is 0 Å². The van der Waals surface area contributed by atoms with Crippen molar-refractivity contribution in [3.8, 4) is 0 Å². The number of anilines is 1. The Balaban J connectivity index is 1.45. The topological polar surface area (TPSA) is 49.0 Å². The number of benzene rings is 2. The molecule has 1 aliphatic rings. The minimum absolute atomic E-state index is 0.142. The van der Waals surface area contributed by atoms with Crippen LogP contribution in [-0.4, -0.2) is 27.7 Å². The molecule has 0 aliphatic carbocycles. The number of fused-ring (bicyclic) bond motifs is 1. The number of amides is 1. The zero-order valence-corrected chi connectivity index (χ0v) is 16.4. The Hall–Kier alpha value is -2.53. The van der Waals surface area contributed by atoms with Crippen molar-refractivity contribution in [3.05, 3.63) is 77.1 Å². The van der Waals surface area contributed by atoms with Crippen LogP contribution in [0.25, 0.3) is 0 Å². The predicted molar refractivity (Wildman–Crippen MR) is 110 cm³/mol. The van der Waals surface area contributed by atoms with Gasteiger partial charge in [0.25, 0.3) is 0 Å². The molecule has 0 saturated carbocycles. The fourth-order valence-corrected chi connectivity index (χ4v) is 4.43. The van der Waals surface area contributed by atoms with Crippen LogP contribution in [0.3, 0.4) is 0 Å². The second-order valence-electron chi connectivity index (χ2n) is 6.90. The van der Waals surface area contributed by atoms with Crippen LogP contribution in [0, 0.1) is 6.92 Å². The van der Waals surface area contributed by atoms with Crippen molar-refractivity contribution in [3.63, 3.8) is 0 Å². The quantitative estimate of drug-likeness (QED) is 0.671. The largest absolute Gasteiger partial charge is 0.337 e. The maximum atomic E-state index is 13.0. The number of hydrogen-bond donors (Lipinski definition) is 1. The molecule has 0 fully saturated rings. The number of para-hydroxylation sites is 1. The van der Waals surface area contributed by atoms with E-state index in [2.05, 4.69) is 23.2 Å². The van der Waals surface area contributed by atoms with Gasteiger partial charge < -0.3 is 9.88 Å². The lowest BCUT2D eigenvalue weighted by Gasteiger charge is -2.20. The molecule has 138 valence electrons. The number of nitrogens with zero attached hydrogens (tertiary/aromatic N) is 2. The van der Waals surface area contributed by atoms with E-state index in [4.69, 9.17) is 4.98 Å². The van der Waals surface area contributed by atoms with Crippen LogP contribution in [0.2, 0.25) is 0 Å². The van der Waals surface area contributed by atoms with E-state index in [1.54, 1.807) is 0 Å². The summed E-state index contributed by atoms with van der Waals surface area (Å²) in [7, 11) is 0. The Bertz CT molecular complexity index is 951. The average molecular weight is 378 g/mol. The van der Waals surface area contributed by atoms with Crippen LogP contribution in [0.5, 0.6) is 0 Å². The first kappa shape index (κ1) is 17.9. The molecular weight excluding hydrogens is 354 g/mol. The number of aromatic nitrogens is 2. The van der Waals surface area contributed by atoms with Gasteiger partial charge in [-0.2, -0.15) is 0 Å². The third kappa shape index (κ3) is 3.78. The second kappa shape index (κ2) is 7.61. The third-order valence-corrected chi connectivity index (χ3v) is 5.94. The highest BCUT2D eigenvalue weighted by atomic mass is 32.2. The Morgan fingerprint density at radius 3 is 2.74 bits per heavy atom. The summed E-state index contributed by atoms with van der Waals surface area (Å²) in [5.41, 5.74) is 5.64. The minimum atomic E-state index is -0.189. The maximum Gasteiger partial charge on any atom is 0.240 e. The smallest absolute Gasteiger partial charge is 0.240 e. The van der Waals surface area contributed by atoms with Gasteiger partial charge in [0.2, 0.25) is 5.91 Å². The first-order chi connectivity index (χ1) is 13.1. The van der Waals surface area contributed by atoms with Crippen LogP contribution in [0.4, 0.5) is 5.69 Å². The lowest BCUT2D eigenvalue weighted by molar-refractivity contribution is -0.117. The van der Waals surface area contributed by atoms with Crippen LogP contribution < -0.4 is 4.90 Å². The molecule has 4 rings (SSSR count). The van der Waals surface area contributed by atoms with Crippen LogP contribution in [0.1, 0.15) is 29.4 Å². The molecule has 1 aromatic heterocycles. The first-order valence-corrected chi connectivity index (χ1v) is 10.1. The van der Waals surface area contributed by atoms with E-state index in [9.17, 15) is 4.79 Å². The molecule has 2 heterocycles. The third-order valence-electron chi connectivity index (χ3n) is 4.97. The van der Waals surface area contributed by atoms with E-state index in [1.165, 1.54) is 22.9 Å². The summed E-state index contributed by atoms with van der Waals surface area (Å²) in [6.45, 7) is 4.76. The van der Waals surface area contributed by atoms with E-state index >= 15 is 0 Å². The molecule has 1 aliphatic heterocycles. The van der Waals surface area contributed by atoms with E-state index in [1.807, 2.05) is 55.1 Å². The number of H-pyrrole nitrogens is 1. The Morgan fingerprint density at radius 1 is 1.19 bits per heavy atom. The van der Waals surface area contributed by atoms with Crippen molar-refractivity contribution in [1.29, 1.82) is 0 Å². The number of carbonyl (C=O) groups excluding carboxylic acids is 1. The van der Waals surface area contributed by atoms with Crippen molar-refractivity contribution in [2.45, 2.75) is 37.1 Å². The molecule has 0 bridgehead atoms. The van der Waals surface area contributed by atoms with Crippen molar-refractivity contribution >= 4 is 23.4 Å². The van der Waals surface area contributed by atoms with Crippen molar-refractivity contribution in [2.75, 3.05) is 11.4 Å². The molecule has 1 N–H and O–H groups in total. The molecule has 27 heavy (non-hydrogen) atoms. The number of hydrogen-bond acceptors (Lipinski definition) is 3. The number of thioether (sulfide) groups is 1. The molecule has 0 saturated heterocycles. The summed E-state index contributed by atoms with van der Waals surface area (Å²) in [6.07, 6.45) is 1.73. The Morgan fingerprint density at radius 2 is 1.93 bits per heavy atom. The van der Waals surface area contributed by atoms with Crippen molar-refractivity contribution in [1.82, 2.24) is 9.97 Å². The lowest BCUT2D eigenvalue weighted by atomic mass is 10.1. The van der Waals surface area contributed by atoms with E-state index in [0.717, 1.165) is 41.6 Å². The molecule has 0 spiro atoms. The molecule has 0 unspecified atom stereocenters. The highest BCUT2D eigenvalue weighted by molar-refractivity contribution is 8.00. The highest BCUT2D eigenvalue weighted by Gasteiger charge is 2.28. The monoisotopic (exact) mass is 377 g/mol. The van der Waals surface area contributed by atoms with Gasteiger partial charge in [-0.25, -0.2) is 4.98 Å². The maximum absolute atomic E-state index is 13.0. The van der Waals surface area contributed by atoms with Gasteiger partial charge in [-0.1, -0.05) is 60.3 Å². The molecule has 3 aromatic rings. The summed E-state index contributed by atoms with van der Waals surface area (Å²) < 4.78 is 0. The van der Waals surface area contributed by atoms with Gasteiger partial charge in [0.05, 0.1) is 10.9 Å². The number of rotatable bonds is 5. The summed E-state index contributed by atoms with van der Waals surface area (Å²) in [5.74, 6) is 0.142. The summed E-state index contributed by atoms with van der Waals surface area (Å²) in [6, 6.07) is 18.5. The molecule has 0 radical (unpaired) electrons. The predicted octanol–water partition coefficient (Wildman–Crippen LogP) is 4.38. The van der Waals surface area contributed by atoms with Crippen LogP contribution in [0.15, 0.2) is 59.8 Å². The minimum Gasteiger partial charge on any atom is -0.337 e. The first-order valence-electron chi connectivity index (χ1n) is 9.27. The normalized spacial score (nSPS) is 14.2. The highest BCUT2D eigenvalue weighted by Crippen LogP contribution is 2.31. The summed E-state index contributed by atoms with van der Waals surface area (Å²) in [4.78, 5) is 22.9. The number of carbonyl (C=O) groups is 1. The number of nitrogens with one attached hydrogen (secondary N) is 1. The van der Waals surface area contributed by atoms with Crippen LogP contribution in [-0.2, 0) is 17.6 Å². The Labute approximate surface area is 164 Å². The SMILES string of the molecule is Cc1[nH]c(S[C@@H](C)C(=O)N2CCc3ccccc32)nc1Cc1ccccc1. The molecule has 1 atom stereocenters. The second-order valence-corrected chi connectivity index (χ2v) is 8.23. The summed E-state index contributed by atoms with van der Waals surface area (Å²) >= 11 is 1.50. The number of imidazole rings is 1. The van der Waals surface area contributed by atoms with Crippen molar-refractivity contribution < 1.29 is 4.79 Å². The molecule has 5 heteroatoms.